The molecule has 0 radical (unpaired) electrons. The number of carbonyl (C=O) groups is 1. The molecule has 5 heteroatoms. The summed E-state index contributed by atoms with van der Waals surface area (Å²) in [5.74, 6) is 1.09. The van der Waals surface area contributed by atoms with Gasteiger partial charge in [0.15, 0.2) is 0 Å². The van der Waals surface area contributed by atoms with Crippen molar-refractivity contribution < 1.29 is 14.3 Å². The van der Waals surface area contributed by atoms with Crippen molar-refractivity contribution in [2.24, 2.45) is 11.7 Å². The molecule has 0 fully saturated rings. The Morgan fingerprint density at radius 1 is 1.17 bits per heavy atom. The zero-order chi connectivity index (χ0) is 13.7. The molecule has 0 heterocycles. The number of nitrogens with two attached hydrogens (primary N) is 1. The SMILES string of the molecule is COc1cc(NC(=O)C(N)C(C)C)cc(OC)c1. The number of rotatable bonds is 5. The topological polar surface area (TPSA) is 73.6 Å². The van der Waals surface area contributed by atoms with Gasteiger partial charge in [-0.25, -0.2) is 0 Å². The van der Waals surface area contributed by atoms with Gasteiger partial charge in [0.25, 0.3) is 0 Å². The molecule has 18 heavy (non-hydrogen) atoms. The Hall–Kier alpha value is -1.75. The first-order chi connectivity index (χ1) is 8.47. The largest absolute Gasteiger partial charge is 0.497 e. The average Bonchev–Trinajstić information content (AvgIpc) is 2.36. The summed E-state index contributed by atoms with van der Waals surface area (Å²) in [5.41, 5.74) is 6.38. The van der Waals surface area contributed by atoms with Gasteiger partial charge >= 0.3 is 0 Å². The van der Waals surface area contributed by atoms with Crippen molar-refractivity contribution in [2.45, 2.75) is 19.9 Å². The van der Waals surface area contributed by atoms with Crippen LogP contribution in [0.3, 0.4) is 0 Å². The maximum atomic E-state index is 11.8. The maximum absolute atomic E-state index is 11.8. The molecule has 1 aromatic carbocycles. The van der Waals surface area contributed by atoms with Crippen LogP contribution in [0.4, 0.5) is 5.69 Å². The highest BCUT2D eigenvalue weighted by atomic mass is 16.5. The Labute approximate surface area is 107 Å². The van der Waals surface area contributed by atoms with Crippen LogP contribution in [0.2, 0.25) is 0 Å². The van der Waals surface area contributed by atoms with E-state index in [0.29, 0.717) is 17.2 Å². The van der Waals surface area contributed by atoms with Crippen LogP contribution in [0.25, 0.3) is 0 Å². The summed E-state index contributed by atoms with van der Waals surface area (Å²) in [7, 11) is 3.11. The number of benzene rings is 1. The molecule has 1 unspecified atom stereocenters. The Morgan fingerprint density at radius 2 is 1.67 bits per heavy atom. The number of hydrogen-bond donors (Lipinski definition) is 2. The van der Waals surface area contributed by atoms with Crippen molar-refractivity contribution in [2.75, 3.05) is 19.5 Å². The highest BCUT2D eigenvalue weighted by molar-refractivity contribution is 5.95. The Morgan fingerprint density at radius 3 is 2.06 bits per heavy atom. The lowest BCUT2D eigenvalue weighted by molar-refractivity contribution is -0.118. The van der Waals surface area contributed by atoms with Crippen molar-refractivity contribution in [1.29, 1.82) is 0 Å². The molecule has 100 valence electrons. The first kappa shape index (κ1) is 14.3. The summed E-state index contributed by atoms with van der Waals surface area (Å²) in [6.07, 6.45) is 0. The minimum absolute atomic E-state index is 0.0810. The predicted molar refractivity (Wildman–Crippen MR) is 71.0 cm³/mol. The van der Waals surface area contributed by atoms with Gasteiger partial charge < -0.3 is 20.5 Å². The van der Waals surface area contributed by atoms with E-state index in [4.69, 9.17) is 15.2 Å². The second-order valence-corrected chi connectivity index (χ2v) is 4.36. The molecule has 0 bridgehead atoms. The van der Waals surface area contributed by atoms with Gasteiger partial charge in [0.1, 0.15) is 11.5 Å². The van der Waals surface area contributed by atoms with E-state index < -0.39 is 6.04 Å². The van der Waals surface area contributed by atoms with Gasteiger partial charge in [-0.3, -0.25) is 4.79 Å². The van der Waals surface area contributed by atoms with Crippen LogP contribution >= 0.6 is 0 Å². The fourth-order valence-corrected chi connectivity index (χ4v) is 1.41. The molecule has 0 spiro atoms. The van der Waals surface area contributed by atoms with Gasteiger partial charge in [-0.1, -0.05) is 13.8 Å². The van der Waals surface area contributed by atoms with E-state index in [9.17, 15) is 4.79 Å². The molecular weight excluding hydrogens is 232 g/mol. The molecule has 1 atom stereocenters. The van der Waals surface area contributed by atoms with Crippen LogP contribution in [0.1, 0.15) is 13.8 Å². The molecular formula is C13H20N2O3. The summed E-state index contributed by atoms with van der Waals surface area (Å²) >= 11 is 0. The van der Waals surface area contributed by atoms with E-state index in [1.54, 1.807) is 32.4 Å². The highest BCUT2D eigenvalue weighted by Gasteiger charge is 2.17. The van der Waals surface area contributed by atoms with E-state index >= 15 is 0 Å². The van der Waals surface area contributed by atoms with Crippen molar-refractivity contribution in [3.63, 3.8) is 0 Å². The molecule has 3 N–H and O–H groups in total. The number of hydrogen-bond acceptors (Lipinski definition) is 4. The van der Waals surface area contributed by atoms with E-state index in [-0.39, 0.29) is 11.8 Å². The molecule has 1 amide bonds. The third kappa shape index (κ3) is 3.63. The zero-order valence-corrected chi connectivity index (χ0v) is 11.2. The molecule has 1 rings (SSSR count). The molecule has 0 aliphatic carbocycles. The summed E-state index contributed by atoms with van der Waals surface area (Å²) in [4.78, 5) is 11.8. The van der Waals surface area contributed by atoms with Crippen molar-refractivity contribution >= 4 is 11.6 Å². The standard InChI is InChI=1S/C13H20N2O3/c1-8(2)12(14)13(16)15-9-5-10(17-3)7-11(6-9)18-4/h5-8,12H,14H2,1-4H3,(H,15,16). The van der Waals surface area contributed by atoms with Crippen LogP contribution in [-0.2, 0) is 4.79 Å². The number of nitrogens with one attached hydrogen (secondary N) is 1. The second-order valence-electron chi connectivity index (χ2n) is 4.36. The second kappa shape index (κ2) is 6.26. The number of carbonyl (C=O) groups excluding carboxylic acids is 1. The van der Waals surface area contributed by atoms with Gasteiger partial charge in [0.05, 0.1) is 20.3 Å². The van der Waals surface area contributed by atoms with Crippen LogP contribution in [0.15, 0.2) is 18.2 Å². The minimum Gasteiger partial charge on any atom is -0.497 e. The van der Waals surface area contributed by atoms with Crippen LogP contribution < -0.4 is 20.5 Å². The van der Waals surface area contributed by atoms with Gasteiger partial charge in [0, 0.05) is 23.9 Å². The van der Waals surface area contributed by atoms with Crippen molar-refractivity contribution in [1.82, 2.24) is 0 Å². The van der Waals surface area contributed by atoms with Crippen LogP contribution in [-0.4, -0.2) is 26.2 Å². The van der Waals surface area contributed by atoms with E-state index in [2.05, 4.69) is 5.32 Å². The molecule has 1 aromatic rings. The Bertz CT molecular complexity index is 396. The maximum Gasteiger partial charge on any atom is 0.241 e. The molecule has 0 saturated carbocycles. The quantitative estimate of drug-likeness (QED) is 0.835. The minimum atomic E-state index is -0.540. The summed E-state index contributed by atoms with van der Waals surface area (Å²) in [6, 6.07) is 4.63. The molecule has 0 saturated heterocycles. The summed E-state index contributed by atoms with van der Waals surface area (Å²) < 4.78 is 10.2. The first-order valence-corrected chi connectivity index (χ1v) is 5.77. The Balaban J connectivity index is 2.86. The fourth-order valence-electron chi connectivity index (χ4n) is 1.41. The third-order valence-corrected chi connectivity index (χ3v) is 2.64. The van der Waals surface area contributed by atoms with Gasteiger partial charge in [-0.05, 0) is 5.92 Å². The lowest BCUT2D eigenvalue weighted by Crippen LogP contribution is -2.39. The predicted octanol–water partition coefficient (Wildman–Crippen LogP) is 1.63. The average molecular weight is 252 g/mol. The summed E-state index contributed by atoms with van der Waals surface area (Å²) in [5, 5.41) is 2.75. The van der Waals surface area contributed by atoms with Gasteiger partial charge in [0.2, 0.25) is 5.91 Å². The van der Waals surface area contributed by atoms with Crippen LogP contribution in [0.5, 0.6) is 11.5 Å². The van der Waals surface area contributed by atoms with Gasteiger partial charge in [-0.2, -0.15) is 0 Å². The normalized spacial score (nSPS) is 12.1. The summed E-state index contributed by atoms with van der Waals surface area (Å²) in [6.45, 7) is 3.80. The van der Waals surface area contributed by atoms with E-state index in [1.165, 1.54) is 0 Å². The number of ether oxygens (including phenoxy) is 2. The lowest BCUT2D eigenvalue weighted by Gasteiger charge is -2.16. The third-order valence-electron chi connectivity index (χ3n) is 2.64. The number of anilines is 1. The molecule has 0 aromatic heterocycles. The number of methoxy groups -OCH3 is 2. The molecule has 5 nitrogen and oxygen atoms in total. The smallest absolute Gasteiger partial charge is 0.241 e. The lowest BCUT2D eigenvalue weighted by atomic mass is 10.0. The van der Waals surface area contributed by atoms with Gasteiger partial charge in [-0.15, -0.1) is 0 Å². The monoisotopic (exact) mass is 252 g/mol. The van der Waals surface area contributed by atoms with E-state index in [1.807, 2.05) is 13.8 Å². The highest BCUT2D eigenvalue weighted by Crippen LogP contribution is 2.25. The Kier molecular flexibility index (Phi) is 4.97. The first-order valence-electron chi connectivity index (χ1n) is 5.77. The van der Waals surface area contributed by atoms with Crippen molar-refractivity contribution in [3.05, 3.63) is 18.2 Å². The molecule has 0 aliphatic heterocycles. The van der Waals surface area contributed by atoms with Crippen LogP contribution in [0, 0.1) is 5.92 Å². The van der Waals surface area contributed by atoms with Crippen molar-refractivity contribution in [3.8, 4) is 11.5 Å². The molecule has 0 aliphatic rings. The zero-order valence-electron chi connectivity index (χ0n) is 11.2. The number of amides is 1. The van der Waals surface area contributed by atoms with E-state index in [0.717, 1.165) is 0 Å². The fraction of sp³-hybridized carbons (Fsp3) is 0.462.